The summed E-state index contributed by atoms with van der Waals surface area (Å²) in [6, 6.07) is 5.95. The molecule has 5 rings (SSSR count). The second-order valence-corrected chi connectivity index (χ2v) is 8.82. The summed E-state index contributed by atoms with van der Waals surface area (Å²) < 4.78 is 5.98. The van der Waals surface area contributed by atoms with Crippen LogP contribution in [0.2, 0.25) is 0 Å². The summed E-state index contributed by atoms with van der Waals surface area (Å²) in [5.41, 5.74) is 1.45. The number of β-amino-alcohol motifs (C(OH)–C–C–N with tert-alkyl or cyclic N) is 1. The van der Waals surface area contributed by atoms with Gasteiger partial charge in [0.2, 0.25) is 11.8 Å². The van der Waals surface area contributed by atoms with Crippen LogP contribution < -0.4 is 10.1 Å². The molecule has 4 aliphatic heterocycles. The van der Waals surface area contributed by atoms with Crippen molar-refractivity contribution in [3.05, 3.63) is 29.3 Å². The van der Waals surface area contributed by atoms with E-state index in [0.29, 0.717) is 37.2 Å². The van der Waals surface area contributed by atoms with Gasteiger partial charge in [-0.25, -0.2) is 0 Å². The van der Waals surface area contributed by atoms with Gasteiger partial charge >= 0.3 is 0 Å². The molecule has 3 fully saturated rings. The number of aliphatic hydroxyl groups is 1. The van der Waals surface area contributed by atoms with Crippen molar-refractivity contribution in [3.8, 4) is 5.75 Å². The lowest BCUT2D eigenvalue weighted by atomic mass is 10.0. The number of imide groups is 1. The van der Waals surface area contributed by atoms with Crippen molar-refractivity contribution in [2.45, 2.75) is 43.9 Å². The molecule has 0 spiro atoms. The summed E-state index contributed by atoms with van der Waals surface area (Å²) in [6.45, 7) is 4.80. The van der Waals surface area contributed by atoms with Crippen LogP contribution in [0.25, 0.3) is 0 Å². The number of benzene rings is 1. The van der Waals surface area contributed by atoms with E-state index in [-0.39, 0.29) is 24.8 Å². The second-order valence-electron chi connectivity index (χ2n) is 8.82. The molecule has 0 radical (unpaired) electrons. The molecule has 4 aliphatic rings. The second kappa shape index (κ2) is 8.22. The lowest BCUT2D eigenvalue weighted by Gasteiger charge is -2.33. The average molecular weight is 428 g/mol. The Hall–Kier alpha value is -2.49. The molecular formula is C22H28N4O5. The highest BCUT2D eigenvalue weighted by molar-refractivity contribution is 6.05. The Balaban J connectivity index is 1.15. The quantitative estimate of drug-likeness (QED) is 0.569. The van der Waals surface area contributed by atoms with Gasteiger partial charge in [0.25, 0.3) is 5.91 Å². The Kier molecular flexibility index (Phi) is 5.41. The molecule has 4 heterocycles. The van der Waals surface area contributed by atoms with Gasteiger partial charge < -0.3 is 14.7 Å². The van der Waals surface area contributed by atoms with Crippen LogP contribution in [0.15, 0.2) is 18.2 Å². The lowest BCUT2D eigenvalue weighted by Crippen LogP contribution is -2.52. The van der Waals surface area contributed by atoms with Crippen LogP contribution in [-0.4, -0.2) is 95.0 Å². The summed E-state index contributed by atoms with van der Waals surface area (Å²) in [6.07, 6.45) is 1.78. The van der Waals surface area contributed by atoms with Crippen LogP contribution >= 0.6 is 0 Å². The van der Waals surface area contributed by atoms with Gasteiger partial charge in [-0.05, 0) is 36.6 Å². The number of ether oxygens (including phenoxy) is 1. The number of rotatable bonds is 7. The molecule has 0 saturated carbocycles. The zero-order valence-corrected chi connectivity index (χ0v) is 17.5. The van der Waals surface area contributed by atoms with Gasteiger partial charge in [0.15, 0.2) is 0 Å². The smallest absolute Gasteiger partial charge is 0.255 e. The minimum Gasteiger partial charge on any atom is -0.492 e. The van der Waals surface area contributed by atoms with Gasteiger partial charge in [-0.15, -0.1) is 0 Å². The molecular weight excluding hydrogens is 400 g/mol. The topological polar surface area (TPSA) is 102 Å². The predicted octanol–water partition coefficient (Wildman–Crippen LogP) is -0.423. The Labute approximate surface area is 180 Å². The summed E-state index contributed by atoms with van der Waals surface area (Å²) in [5, 5.41) is 11.5. The first-order valence-electron chi connectivity index (χ1n) is 11.0. The van der Waals surface area contributed by atoms with Crippen LogP contribution in [0.3, 0.4) is 0 Å². The number of nitrogens with zero attached hydrogens (tertiary/aromatic N) is 3. The maximum Gasteiger partial charge on any atom is 0.255 e. The minimum atomic E-state index is -0.599. The number of hydrogen-bond acceptors (Lipinski definition) is 7. The molecule has 3 atom stereocenters. The minimum absolute atomic E-state index is 0.170. The first-order chi connectivity index (χ1) is 15.0. The largest absolute Gasteiger partial charge is 0.492 e. The number of carbonyl (C=O) groups excluding carboxylic acids is 3. The van der Waals surface area contributed by atoms with Crippen molar-refractivity contribution in [2.75, 3.05) is 39.4 Å². The number of aliphatic hydroxyl groups excluding tert-OH is 1. The molecule has 1 aromatic rings. The zero-order valence-electron chi connectivity index (χ0n) is 17.5. The van der Waals surface area contributed by atoms with Crippen molar-refractivity contribution in [2.24, 2.45) is 0 Å². The predicted molar refractivity (Wildman–Crippen MR) is 110 cm³/mol. The number of amides is 3. The van der Waals surface area contributed by atoms with E-state index in [0.717, 1.165) is 43.9 Å². The number of nitrogens with one attached hydrogen (secondary N) is 1. The van der Waals surface area contributed by atoms with Gasteiger partial charge in [-0.2, -0.15) is 0 Å². The van der Waals surface area contributed by atoms with Crippen molar-refractivity contribution in [3.63, 3.8) is 0 Å². The first kappa shape index (κ1) is 20.4. The molecule has 1 aromatic carbocycles. The van der Waals surface area contributed by atoms with E-state index in [4.69, 9.17) is 9.84 Å². The Morgan fingerprint density at radius 2 is 1.87 bits per heavy atom. The molecule has 0 aliphatic carbocycles. The van der Waals surface area contributed by atoms with Crippen LogP contribution in [-0.2, 0) is 16.1 Å². The molecule has 3 saturated heterocycles. The number of fused-ring (bicyclic) bond motifs is 3. The summed E-state index contributed by atoms with van der Waals surface area (Å²) in [7, 11) is 0. The third-order valence-corrected chi connectivity index (χ3v) is 7.00. The highest BCUT2D eigenvalue weighted by Gasteiger charge is 2.42. The van der Waals surface area contributed by atoms with Crippen molar-refractivity contribution in [1.82, 2.24) is 20.0 Å². The monoisotopic (exact) mass is 428 g/mol. The maximum atomic E-state index is 12.8. The molecule has 0 aromatic heterocycles. The highest BCUT2D eigenvalue weighted by Crippen LogP contribution is 2.31. The number of piperazine rings is 1. The van der Waals surface area contributed by atoms with Gasteiger partial charge in [0, 0.05) is 56.8 Å². The fraction of sp³-hybridized carbons (Fsp3) is 0.591. The number of hydrogen-bond donors (Lipinski definition) is 2. The Morgan fingerprint density at radius 1 is 1.10 bits per heavy atom. The number of carbonyl (C=O) groups is 3. The molecule has 2 N–H and O–H groups in total. The van der Waals surface area contributed by atoms with E-state index in [2.05, 4.69) is 15.1 Å². The molecule has 2 bridgehead atoms. The number of likely N-dealkylation sites (tertiary alicyclic amines) is 2. The van der Waals surface area contributed by atoms with E-state index in [1.807, 2.05) is 12.1 Å². The summed E-state index contributed by atoms with van der Waals surface area (Å²) in [5.74, 6) is -0.126. The van der Waals surface area contributed by atoms with E-state index < -0.39 is 11.9 Å². The van der Waals surface area contributed by atoms with E-state index in [1.165, 1.54) is 0 Å². The van der Waals surface area contributed by atoms with Crippen LogP contribution in [0, 0.1) is 0 Å². The summed E-state index contributed by atoms with van der Waals surface area (Å²) in [4.78, 5) is 42.7. The van der Waals surface area contributed by atoms with Crippen molar-refractivity contribution >= 4 is 17.7 Å². The fourth-order valence-corrected chi connectivity index (χ4v) is 5.43. The highest BCUT2D eigenvalue weighted by atomic mass is 16.5. The molecule has 3 amide bonds. The first-order valence-corrected chi connectivity index (χ1v) is 11.0. The normalized spacial score (nSPS) is 28.4. The fourth-order valence-electron chi connectivity index (χ4n) is 5.43. The number of piperidine rings is 1. The Morgan fingerprint density at radius 3 is 2.58 bits per heavy atom. The Bertz CT molecular complexity index is 906. The van der Waals surface area contributed by atoms with E-state index in [1.54, 1.807) is 11.0 Å². The molecule has 166 valence electrons. The molecule has 9 heteroatoms. The van der Waals surface area contributed by atoms with Gasteiger partial charge in [0.05, 0.1) is 6.61 Å². The average Bonchev–Trinajstić information content (AvgIpc) is 3.41. The standard InChI is InChI=1S/C22H28N4O5/c27-7-5-24-12-16-10-15(24)13-25(16)6-8-31-17-1-2-18-14(9-17)11-26(22(18)30)19-3-4-20(28)23-21(19)29/h1-2,9,15-16,19,27H,3-8,10-13H2,(H,23,28,29)/t15-,16-,19+/m1/s1. The van der Waals surface area contributed by atoms with Gasteiger partial charge in [-0.1, -0.05) is 0 Å². The van der Waals surface area contributed by atoms with Gasteiger partial charge in [0.1, 0.15) is 18.4 Å². The van der Waals surface area contributed by atoms with Crippen LogP contribution in [0.1, 0.15) is 35.2 Å². The third-order valence-electron chi connectivity index (χ3n) is 7.00. The van der Waals surface area contributed by atoms with E-state index >= 15 is 0 Å². The molecule has 0 unspecified atom stereocenters. The third kappa shape index (κ3) is 3.81. The molecule has 9 nitrogen and oxygen atoms in total. The van der Waals surface area contributed by atoms with Crippen molar-refractivity contribution in [1.29, 1.82) is 0 Å². The van der Waals surface area contributed by atoms with E-state index in [9.17, 15) is 14.4 Å². The van der Waals surface area contributed by atoms with Crippen LogP contribution in [0.4, 0.5) is 0 Å². The zero-order chi connectivity index (χ0) is 21.5. The SMILES string of the molecule is O=C1CC[C@H](N2Cc3cc(OCCN4C[C@H]5C[C@@H]4CN5CCO)ccc3C2=O)C(=O)N1. The van der Waals surface area contributed by atoms with Gasteiger partial charge in [-0.3, -0.25) is 29.5 Å². The summed E-state index contributed by atoms with van der Waals surface area (Å²) >= 11 is 0. The molecule has 31 heavy (non-hydrogen) atoms. The maximum absolute atomic E-state index is 12.8. The van der Waals surface area contributed by atoms with Crippen molar-refractivity contribution < 1.29 is 24.2 Å². The lowest BCUT2D eigenvalue weighted by molar-refractivity contribution is -0.136. The van der Waals surface area contributed by atoms with Crippen LogP contribution in [0.5, 0.6) is 5.75 Å².